The molecule has 0 amide bonds. The van der Waals surface area contributed by atoms with Crippen LogP contribution < -0.4 is 0 Å². The molecule has 0 aliphatic heterocycles. The molecular weight excluding hydrogens is 256 g/mol. The third-order valence-electron chi connectivity index (χ3n) is 2.12. The first-order valence-corrected chi connectivity index (χ1v) is 5.53. The molecule has 78 valence electrons. The number of nitrogens with zero attached hydrogens (tertiary/aromatic N) is 4. The fourth-order valence-corrected chi connectivity index (χ4v) is 1.76. The first-order chi connectivity index (χ1) is 7.20. The van der Waals surface area contributed by atoms with E-state index in [2.05, 4.69) is 30.9 Å². The van der Waals surface area contributed by atoms with Gasteiger partial charge in [-0.3, -0.25) is 4.57 Å². The van der Waals surface area contributed by atoms with Crippen molar-refractivity contribution >= 4 is 15.9 Å². The Labute approximate surface area is 96.5 Å². The smallest absolute Gasteiger partial charge is 0.142 e. The van der Waals surface area contributed by atoms with Crippen LogP contribution in [0.5, 0.6) is 0 Å². The second kappa shape index (κ2) is 4.10. The highest BCUT2D eigenvalue weighted by molar-refractivity contribution is 9.10. The van der Waals surface area contributed by atoms with E-state index in [1.54, 1.807) is 6.20 Å². The zero-order valence-corrected chi connectivity index (χ0v) is 10.2. The Morgan fingerprint density at radius 1 is 1.40 bits per heavy atom. The van der Waals surface area contributed by atoms with E-state index in [0.29, 0.717) is 0 Å². The van der Waals surface area contributed by atoms with Crippen LogP contribution >= 0.6 is 15.9 Å². The maximum atomic E-state index is 4.44. The van der Waals surface area contributed by atoms with Crippen molar-refractivity contribution in [1.29, 1.82) is 0 Å². The third kappa shape index (κ3) is 2.07. The van der Waals surface area contributed by atoms with Crippen molar-refractivity contribution in [2.45, 2.75) is 20.3 Å². The summed E-state index contributed by atoms with van der Waals surface area (Å²) < 4.78 is 2.74. The highest BCUT2D eigenvalue weighted by Gasteiger charge is 2.05. The molecule has 0 aliphatic carbocycles. The summed E-state index contributed by atoms with van der Waals surface area (Å²) in [6, 6.07) is 1.88. The van der Waals surface area contributed by atoms with E-state index in [0.717, 1.165) is 28.5 Å². The predicted octanol–water partition coefficient (Wildman–Crippen LogP) is 2.30. The van der Waals surface area contributed by atoms with Gasteiger partial charge in [-0.25, -0.2) is 15.0 Å². The van der Waals surface area contributed by atoms with Crippen molar-refractivity contribution in [3.63, 3.8) is 0 Å². The summed E-state index contributed by atoms with van der Waals surface area (Å²) >= 11 is 3.38. The normalized spacial score (nSPS) is 10.6. The van der Waals surface area contributed by atoms with Crippen LogP contribution in [0.25, 0.3) is 5.82 Å². The molecule has 0 bridgehead atoms. The van der Waals surface area contributed by atoms with Crippen LogP contribution in [-0.4, -0.2) is 19.5 Å². The minimum atomic E-state index is 0.803. The summed E-state index contributed by atoms with van der Waals surface area (Å²) in [5, 5.41) is 0. The molecule has 0 aromatic carbocycles. The Kier molecular flexibility index (Phi) is 2.81. The maximum absolute atomic E-state index is 4.44. The van der Waals surface area contributed by atoms with E-state index < -0.39 is 0 Å². The molecule has 0 saturated carbocycles. The van der Waals surface area contributed by atoms with Gasteiger partial charge in [0.25, 0.3) is 0 Å². The molecular formula is C10H11BrN4. The van der Waals surface area contributed by atoms with Crippen molar-refractivity contribution in [3.05, 3.63) is 34.7 Å². The largest absolute Gasteiger partial charge is 0.288 e. The molecule has 2 aromatic rings. The first kappa shape index (κ1) is 10.3. The number of hydrogen-bond acceptors (Lipinski definition) is 3. The first-order valence-electron chi connectivity index (χ1n) is 4.74. The highest BCUT2D eigenvalue weighted by atomic mass is 79.9. The van der Waals surface area contributed by atoms with Crippen LogP contribution in [0.4, 0.5) is 0 Å². The number of aromatic nitrogens is 4. The molecule has 15 heavy (non-hydrogen) atoms. The second-order valence-electron chi connectivity index (χ2n) is 3.16. The summed E-state index contributed by atoms with van der Waals surface area (Å²) in [5.74, 6) is 2.60. The standard InChI is InChI=1S/C10H11BrN4/c1-3-9-13-8(11)6-10(14-9)15-5-4-12-7(15)2/h4-6H,3H2,1-2H3. The number of rotatable bonds is 2. The molecule has 0 saturated heterocycles. The minimum Gasteiger partial charge on any atom is -0.288 e. The van der Waals surface area contributed by atoms with Gasteiger partial charge in [0.15, 0.2) is 0 Å². The molecule has 0 fully saturated rings. The molecule has 0 N–H and O–H groups in total. The topological polar surface area (TPSA) is 43.6 Å². The van der Waals surface area contributed by atoms with Gasteiger partial charge < -0.3 is 0 Å². The van der Waals surface area contributed by atoms with Crippen LogP contribution in [0.3, 0.4) is 0 Å². The number of imidazole rings is 1. The van der Waals surface area contributed by atoms with Gasteiger partial charge in [-0.1, -0.05) is 6.92 Å². The van der Waals surface area contributed by atoms with Gasteiger partial charge in [-0.2, -0.15) is 0 Å². The lowest BCUT2D eigenvalue weighted by Gasteiger charge is -2.05. The lowest BCUT2D eigenvalue weighted by molar-refractivity contribution is 0.859. The molecule has 0 radical (unpaired) electrons. The van der Waals surface area contributed by atoms with Gasteiger partial charge in [0, 0.05) is 24.9 Å². The van der Waals surface area contributed by atoms with Crippen LogP contribution in [0.1, 0.15) is 18.6 Å². The number of aryl methyl sites for hydroxylation is 2. The molecule has 0 aliphatic rings. The Hall–Kier alpha value is -1.23. The van der Waals surface area contributed by atoms with Crippen LogP contribution in [0, 0.1) is 6.92 Å². The summed E-state index contributed by atoms with van der Waals surface area (Å²) in [6.45, 7) is 3.98. The summed E-state index contributed by atoms with van der Waals surface area (Å²) in [7, 11) is 0. The fourth-order valence-electron chi connectivity index (χ4n) is 1.35. The average Bonchev–Trinajstić information content (AvgIpc) is 2.63. The van der Waals surface area contributed by atoms with Crippen molar-refractivity contribution in [2.24, 2.45) is 0 Å². The van der Waals surface area contributed by atoms with Gasteiger partial charge in [0.2, 0.25) is 0 Å². The zero-order valence-electron chi connectivity index (χ0n) is 8.61. The lowest BCUT2D eigenvalue weighted by atomic mass is 10.4. The van der Waals surface area contributed by atoms with E-state index in [1.807, 2.05) is 30.7 Å². The van der Waals surface area contributed by atoms with Gasteiger partial charge in [-0.05, 0) is 22.9 Å². The molecule has 2 rings (SSSR count). The van der Waals surface area contributed by atoms with Gasteiger partial charge in [-0.15, -0.1) is 0 Å². The van der Waals surface area contributed by atoms with Gasteiger partial charge in [0.05, 0.1) is 0 Å². The van der Waals surface area contributed by atoms with E-state index in [4.69, 9.17) is 0 Å². The molecule has 5 heteroatoms. The maximum Gasteiger partial charge on any atom is 0.142 e. The second-order valence-corrected chi connectivity index (χ2v) is 3.98. The fraction of sp³-hybridized carbons (Fsp3) is 0.300. The molecule has 0 spiro atoms. The van der Waals surface area contributed by atoms with E-state index in [-0.39, 0.29) is 0 Å². The Morgan fingerprint density at radius 3 is 2.80 bits per heavy atom. The van der Waals surface area contributed by atoms with Gasteiger partial charge >= 0.3 is 0 Å². The summed E-state index contributed by atoms with van der Waals surface area (Å²) in [4.78, 5) is 12.9. The SMILES string of the molecule is CCc1nc(Br)cc(-n2ccnc2C)n1. The Balaban J connectivity index is 2.53. The molecule has 2 heterocycles. The van der Waals surface area contributed by atoms with E-state index in [9.17, 15) is 0 Å². The number of hydrogen-bond donors (Lipinski definition) is 0. The highest BCUT2D eigenvalue weighted by Crippen LogP contribution is 2.13. The lowest BCUT2D eigenvalue weighted by Crippen LogP contribution is -2.03. The third-order valence-corrected chi connectivity index (χ3v) is 2.52. The van der Waals surface area contributed by atoms with Crippen molar-refractivity contribution in [2.75, 3.05) is 0 Å². The van der Waals surface area contributed by atoms with Crippen LogP contribution in [0.2, 0.25) is 0 Å². The minimum absolute atomic E-state index is 0.803. The van der Waals surface area contributed by atoms with Gasteiger partial charge in [0.1, 0.15) is 22.1 Å². The summed E-state index contributed by atoms with van der Waals surface area (Å²) in [5.41, 5.74) is 0. The van der Waals surface area contributed by atoms with E-state index in [1.165, 1.54) is 0 Å². The van der Waals surface area contributed by atoms with Crippen LogP contribution in [-0.2, 0) is 6.42 Å². The Morgan fingerprint density at radius 2 is 2.20 bits per heavy atom. The van der Waals surface area contributed by atoms with Crippen molar-refractivity contribution in [1.82, 2.24) is 19.5 Å². The Bertz CT molecular complexity index is 478. The summed E-state index contributed by atoms with van der Waals surface area (Å²) in [6.07, 6.45) is 4.47. The number of halogens is 1. The molecule has 0 unspecified atom stereocenters. The zero-order chi connectivity index (χ0) is 10.8. The van der Waals surface area contributed by atoms with Crippen LogP contribution in [0.15, 0.2) is 23.1 Å². The predicted molar refractivity (Wildman–Crippen MR) is 61.0 cm³/mol. The van der Waals surface area contributed by atoms with E-state index >= 15 is 0 Å². The van der Waals surface area contributed by atoms with Crippen molar-refractivity contribution in [3.8, 4) is 5.82 Å². The average molecular weight is 267 g/mol. The monoisotopic (exact) mass is 266 g/mol. The molecule has 0 atom stereocenters. The molecule has 4 nitrogen and oxygen atoms in total. The quantitative estimate of drug-likeness (QED) is 0.784. The van der Waals surface area contributed by atoms with Crippen molar-refractivity contribution < 1.29 is 0 Å². The molecule has 2 aromatic heterocycles.